The highest BCUT2D eigenvalue weighted by Gasteiger charge is 2.09. The van der Waals surface area contributed by atoms with Crippen LogP contribution in [0.3, 0.4) is 0 Å². The van der Waals surface area contributed by atoms with Gasteiger partial charge in [0.25, 0.3) is 0 Å². The van der Waals surface area contributed by atoms with E-state index in [0.29, 0.717) is 17.0 Å². The highest BCUT2D eigenvalue weighted by molar-refractivity contribution is 5.39. The summed E-state index contributed by atoms with van der Waals surface area (Å²) in [4.78, 5) is 24.7. The first-order valence-corrected chi connectivity index (χ1v) is 7.30. The van der Waals surface area contributed by atoms with Gasteiger partial charge in [-0.3, -0.25) is 14.2 Å². The topological polar surface area (TPSA) is 53.2 Å². The zero-order valence-corrected chi connectivity index (χ0v) is 13.0. The molecule has 5 nitrogen and oxygen atoms in total. The van der Waals surface area contributed by atoms with Crippen molar-refractivity contribution in [2.45, 2.75) is 6.54 Å². The van der Waals surface area contributed by atoms with Gasteiger partial charge in [-0.1, -0.05) is 24.3 Å². The van der Waals surface area contributed by atoms with Crippen molar-refractivity contribution in [1.82, 2.24) is 9.13 Å². The quantitative estimate of drug-likeness (QED) is 0.691. The third-order valence-corrected chi connectivity index (χ3v) is 3.69. The molecule has 24 heavy (non-hydrogen) atoms. The smallest absolute Gasteiger partial charge is 0.320 e. The molecule has 0 saturated carbocycles. The molecule has 1 heterocycles. The number of nitrogens with zero attached hydrogens (tertiary/aromatic N) is 2. The molecular weight excluding hydrogens is 311 g/mol. The number of hydrogen-bond acceptors (Lipinski definition) is 3. The number of methoxy groups -OCH3 is 1. The van der Waals surface area contributed by atoms with Crippen LogP contribution < -0.4 is 15.9 Å². The Morgan fingerprint density at radius 3 is 2.54 bits per heavy atom. The van der Waals surface area contributed by atoms with Crippen molar-refractivity contribution in [3.63, 3.8) is 0 Å². The molecule has 2 aromatic carbocycles. The second-order valence-electron chi connectivity index (χ2n) is 5.20. The fourth-order valence-corrected chi connectivity index (χ4v) is 2.41. The molecule has 0 unspecified atom stereocenters. The second-order valence-corrected chi connectivity index (χ2v) is 5.20. The van der Waals surface area contributed by atoms with Crippen LogP contribution in [0.2, 0.25) is 0 Å². The van der Waals surface area contributed by atoms with E-state index < -0.39 is 16.9 Å². The number of rotatable bonds is 4. The van der Waals surface area contributed by atoms with Gasteiger partial charge in [0.2, 0.25) is 0 Å². The number of benzene rings is 2. The maximum Gasteiger partial charge on any atom is 0.320 e. The first kappa shape index (κ1) is 15.7. The monoisotopic (exact) mass is 326 g/mol. The van der Waals surface area contributed by atoms with E-state index in [-0.39, 0.29) is 6.54 Å². The third kappa shape index (κ3) is 2.99. The van der Waals surface area contributed by atoms with Crippen molar-refractivity contribution >= 4 is 0 Å². The molecule has 0 saturated heterocycles. The van der Waals surface area contributed by atoms with Crippen LogP contribution in [-0.4, -0.2) is 16.2 Å². The van der Waals surface area contributed by atoms with Gasteiger partial charge >= 0.3 is 11.1 Å². The summed E-state index contributed by atoms with van der Waals surface area (Å²) < 4.78 is 21.3. The van der Waals surface area contributed by atoms with Crippen LogP contribution in [0.1, 0.15) is 5.56 Å². The Morgan fingerprint density at radius 1 is 1.00 bits per heavy atom. The van der Waals surface area contributed by atoms with Gasteiger partial charge in [-0.25, -0.2) is 4.39 Å². The zero-order valence-electron chi connectivity index (χ0n) is 13.0. The molecule has 3 aromatic rings. The lowest BCUT2D eigenvalue weighted by Crippen LogP contribution is -2.40. The lowest BCUT2D eigenvalue weighted by molar-refractivity contribution is 0.414. The molecule has 1 aromatic heterocycles. The third-order valence-electron chi connectivity index (χ3n) is 3.69. The average Bonchev–Trinajstić information content (AvgIpc) is 2.61. The van der Waals surface area contributed by atoms with Gasteiger partial charge in [0.15, 0.2) is 0 Å². The minimum atomic E-state index is -0.719. The van der Waals surface area contributed by atoms with Crippen molar-refractivity contribution in [2.24, 2.45) is 0 Å². The number of hydrogen-bond donors (Lipinski definition) is 0. The Bertz CT molecular complexity index is 992. The van der Waals surface area contributed by atoms with E-state index in [1.54, 1.807) is 42.5 Å². The van der Waals surface area contributed by atoms with Crippen LogP contribution in [0, 0.1) is 5.82 Å². The van der Waals surface area contributed by atoms with Gasteiger partial charge in [0.1, 0.15) is 11.6 Å². The Morgan fingerprint density at radius 2 is 1.79 bits per heavy atom. The number of ether oxygens (including phenoxy) is 1. The molecule has 122 valence electrons. The van der Waals surface area contributed by atoms with Crippen molar-refractivity contribution in [3.8, 4) is 11.4 Å². The minimum Gasteiger partial charge on any atom is -0.497 e. The molecule has 3 rings (SSSR count). The Labute approximate surface area is 137 Å². The largest absolute Gasteiger partial charge is 0.497 e. The molecule has 0 atom stereocenters. The molecule has 0 bridgehead atoms. The van der Waals surface area contributed by atoms with Gasteiger partial charge < -0.3 is 9.30 Å². The molecule has 0 spiro atoms. The van der Waals surface area contributed by atoms with E-state index in [0.717, 1.165) is 0 Å². The Hall–Kier alpha value is -3.15. The standard InChI is InChI=1S/C18H15FN2O3/c1-24-15-7-4-6-14(11-15)21-10-9-20(17(22)18(21)23)12-13-5-2-3-8-16(13)19/h2-11H,12H2,1H3. The fourth-order valence-electron chi connectivity index (χ4n) is 2.41. The average molecular weight is 326 g/mol. The number of aromatic nitrogens is 2. The molecule has 0 aliphatic rings. The predicted molar refractivity (Wildman–Crippen MR) is 88.4 cm³/mol. The molecule has 0 fully saturated rings. The fraction of sp³-hybridized carbons (Fsp3) is 0.111. The molecule has 6 heteroatoms. The predicted octanol–water partition coefficient (Wildman–Crippen LogP) is 2.20. The second kappa shape index (κ2) is 6.54. The van der Waals surface area contributed by atoms with E-state index in [4.69, 9.17) is 4.74 Å². The maximum atomic E-state index is 13.7. The normalized spacial score (nSPS) is 10.6. The lowest BCUT2D eigenvalue weighted by Gasteiger charge is -2.10. The number of halogens is 1. The van der Waals surface area contributed by atoms with E-state index in [1.165, 1.54) is 34.7 Å². The summed E-state index contributed by atoms with van der Waals surface area (Å²) in [5, 5.41) is 0. The summed E-state index contributed by atoms with van der Waals surface area (Å²) in [6.07, 6.45) is 2.95. The summed E-state index contributed by atoms with van der Waals surface area (Å²) in [7, 11) is 1.52. The van der Waals surface area contributed by atoms with Crippen molar-refractivity contribution in [1.29, 1.82) is 0 Å². The minimum absolute atomic E-state index is 0.000300. The summed E-state index contributed by atoms with van der Waals surface area (Å²) >= 11 is 0. The molecular formula is C18H15FN2O3. The van der Waals surface area contributed by atoms with Gasteiger partial charge in [0, 0.05) is 24.0 Å². The van der Waals surface area contributed by atoms with E-state index >= 15 is 0 Å². The zero-order chi connectivity index (χ0) is 17.1. The molecule has 0 aliphatic carbocycles. The van der Waals surface area contributed by atoms with Crippen LogP contribution in [0.5, 0.6) is 5.75 Å². The van der Waals surface area contributed by atoms with Crippen LogP contribution in [0.4, 0.5) is 4.39 Å². The van der Waals surface area contributed by atoms with Gasteiger partial charge in [-0.05, 0) is 18.2 Å². The van der Waals surface area contributed by atoms with Gasteiger partial charge in [0.05, 0.1) is 19.3 Å². The molecule has 0 N–H and O–H groups in total. The molecule has 0 aliphatic heterocycles. The summed E-state index contributed by atoms with van der Waals surface area (Å²) in [6.45, 7) is -0.000300. The maximum absolute atomic E-state index is 13.7. The first-order chi connectivity index (χ1) is 11.6. The van der Waals surface area contributed by atoms with Crippen molar-refractivity contribution < 1.29 is 9.13 Å². The van der Waals surface area contributed by atoms with E-state index in [9.17, 15) is 14.0 Å². The molecule has 0 radical (unpaired) electrons. The van der Waals surface area contributed by atoms with E-state index in [1.807, 2.05) is 0 Å². The summed E-state index contributed by atoms with van der Waals surface area (Å²) in [6, 6.07) is 13.0. The Balaban J connectivity index is 2.02. The SMILES string of the molecule is COc1cccc(-n2ccn(Cc3ccccc3F)c(=O)c2=O)c1. The lowest BCUT2D eigenvalue weighted by atomic mass is 10.2. The van der Waals surface area contributed by atoms with Crippen LogP contribution in [0.25, 0.3) is 5.69 Å². The van der Waals surface area contributed by atoms with Gasteiger partial charge in [-0.15, -0.1) is 0 Å². The Kier molecular flexibility index (Phi) is 4.29. The van der Waals surface area contributed by atoms with Crippen molar-refractivity contribution in [3.05, 3.63) is 93.0 Å². The van der Waals surface area contributed by atoms with Crippen molar-refractivity contribution in [2.75, 3.05) is 7.11 Å². The van der Waals surface area contributed by atoms with Crippen LogP contribution >= 0.6 is 0 Å². The highest BCUT2D eigenvalue weighted by atomic mass is 19.1. The van der Waals surface area contributed by atoms with E-state index in [2.05, 4.69) is 0 Å². The first-order valence-electron chi connectivity index (χ1n) is 7.30. The molecule has 0 amide bonds. The van der Waals surface area contributed by atoms with Crippen LogP contribution in [-0.2, 0) is 6.54 Å². The summed E-state index contributed by atoms with van der Waals surface area (Å²) in [5.74, 6) is 0.163. The highest BCUT2D eigenvalue weighted by Crippen LogP contribution is 2.14. The summed E-state index contributed by atoms with van der Waals surface area (Å²) in [5.41, 5.74) is -0.557. The van der Waals surface area contributed by atoms with Gasteiger partial charge in [-0.2, -0.15) is 0 Å². The van der Waals surface area contributed by atoms with Crippen LogP contribution in [0.15, 0.2) is 70.5 Å².